The fourth-order valence-corrected chi connectivity index (χ4v) is 4.43. The predicted molar refractivity (Wildman–Crippen MR) is 109 cm³/mol. The Morgan fingerprint density at radius 3 is 2.89 bits per heavy atom. The van der Waals surface area contributed by atoms with Crippen molar-refractivity contribution < 1.29 is 15.3 Å². The van der Waals surface area contributed by atoms with E-state index in [0.29, 0.717) is 47.8 Å². The highest BCUT2D eigenvalue weighted by Gasteiger charge is 2.21. The van der Waals surface area contributed by atoms with Crippen molar-refractivity contribution in [1.29, 1.82) is 0 Å². The highest BCUT2D eigenvalue weighted by atomic mass is 35.5. The number of amides is 1. The van der Waals surface area contributed by atoms with Crippen LogP contribution in [-0.4, -0.2) is 26.6 Å². The van der Waals surface area contributed by atoms with E-state index in [0.717, 1.165) is 27.5 Å². The van der Waals surface area contributed by atoms with E-state index >= 15 is 0 Å². The summed E-state index contributed by atoms with van der Waals surface area (Å²) in [5, 5.41) is 3.18. The van der Waals surface area contributed by atoms with Gasteiger partial charge < -0.3 is 10.5 Å². The average Bonchev–Trinajstić information content (AvgIpc) is 2.65. The monoisotopic (exact) mass is 416 g/mol. The topological polar surface area (TPSA) is 119 Å². The van der Waals surface area contributed by atoms with Crippen molar-refractivity contribution in [3.05, 3.63) is 40.4 Å². The normalized spacial score (nSPS) is 13.1. The molecule has 2 heterocycles. The summed E-state index contributed by atoms with van der Waals surface area (Å²) >= 11 is 8.05. The molecule has 3 aromatic rings. The molecule has 0 bridgehead atoms. The van der Waals surface area contributed by atoms with Gasteiger partial charge in [-0.05, 0) is 34.4 Å². The van der Waals surface area contributed by atoms with Crippen LogP contribution in [0.25, 0.3) is 22.2 Å². The van der Waals surface area contributed by atoms with Gasteiger partial charge in [0.1, 0.15) is 0 Å². The van der Waals surface area contributed by atoms with Gasteiger partial charge in [0.05, 0.1) is 24.7 Å². The van der Waals surface area contributed by atoms with E-state index in [-0.39, 0.29) is 11.9 Å². The Kier molecular flexibility index (Phi) is 5.45. The minimum absolute atomic E-state index is 0.0731. The molecule has 0 saturated carbocycles. The standard InChI is InChI=1S/C19H18ClN5O2S/c20-13-7-11-9-27-8-10-3-1-4-12(15(10)11)16(13)17-23-18(22)25-19(24-17)28-6-2-5-14(21)26/h1,3-4,7H,2,5-6,8-9H2,(H2,21,26)(H2,22,23,24,25)/p+1. The molecule has 1 amide bonds. The second-order valence-electron chi connectivity index (χ2n) is 6.52. The number of nitrogen functional groups attached to an aromatic ring is 1. The number of anilines is 1. The van der Waals surface area contributed by atoms with Crippen molar-refractivity contribution in [1.82, 2.24) is 15.0 Å². The second-order valence-corrected chi connectivity index (χ2v) is 7.98. The van der Waals surface area contributed by atoms with Crippen LogP contribution in [0.5, 0.6) is 0 Å². The van der Waals surface area contributed by atoms with Gasteiger partial charge in [-0.15, -0.1) is 0 Å². The molecule has 0 saturated heterocycles. The van der Waals surface area contributed by atoms with Crippen LogP contribution in [0.1, 0.15) is 24.0 Å². The number of hydrogen-bond acceptors (Lipinski definition) is 7. The van der Waals surface area contributed by atoms with Crippen LogP contribution in [-0.2, 0) is 22.7 Å². The van der Waals surface area contributed by atoms with E-state index in [9.17, 15) is 4.79 Å². The molecule has 1 aromatic heterocycles. The molecule has 9 heteroatoms. The van der Waals surface area contributed by atoms with Gasteiger partial charge in [0.15, 0.2) is 11.0 Å². The molecule has 0 aliphatic carbocycles. The molecule has 1 aliphatic rings. The number of quaternary nitrogens is 1. The number of hydrogen-bond donors (Lipinski definition) is 2. The van der Waals surface area contributed by atoms with Crippen molar-refractivity contribution in [3.8, 4) is 11.4 Å². The van der Waals surface area contributed by atoms with Crippen LogP contribution in [0.4, 0.5) is 5.95 Å². The maximum Gasteiger partial charge on any atom is 0.308 e. The summed E-state index contributed by atoms with van der Waals surface area (Å²) in [5.74, 6) is 1.21. The van der Waals surface area contributed by atoms with E-state index in [2.05, 4.69) is 26.8 Å². The van der Waals surface area contributed by atoms with Crippen molar-refractivity contribution in [2.24, 2.45) is 0 Å². The zero-order chi connectivity index (χ0) is 19.7. The molecule has 4 rings (SSSR count). The first-order valence-corrected chi connectivity index (χ1v) is 10.2. The molecule has 0 atom stereocenters. The van der Waals surface area contributed by atoms with Crippen LogP contribution in [0.3, 0.4) is 0 Å². The third-order valence-corrected chi connectivity index (χ3v) is 5.71. The zero-order valence-electron chi connectivity index (χ0n) is 15.1. The molecule has 1 aliphatic heterocycles. The van der Waals surface area contributed by atoms with Crippen LogP contribution in [0.2, 0.25) is 5.02 Å². The Bertz CT molecular complexity index is 1080. The molecular weight excluding hydrogens is 398 g/mol. The minimum atomic E-state index is -0.0731. The van der Waals surface area contributed by atoms with E-state index in [1.54, 1.807) is 0 Å². The maximum absolute atomic E-state index is 11.0. The number of thioether (sulfide) groups is 1. The summed E-state index contributed by atoms with van der Waals surface area (Å²) in [6.45, 7) is 1.09. The van der Waals surface area contributed by atoms with E-state index in [1.165, 1.54) is 11.8 Å². The summed E-state index contributed by atoms with van der Waals surface area (Å²) in [6, 6.07) is 7.96. The number of carbonyl (C=O) groups excluding carboxylic acids is 1. The highest BCUT2D eigenvalue weighted by Crippen LogP contribution is 2.39. The lowest BCUT2D eigenvalue weighted by molar-refractivity contribution is -0.305. The number of aromatic nitrogens is 3. The number of ether oxygens (including phenoxy) is 1. The first-order chi connectivity index (χ1) is 13.5. The van der Waals surface area contributed by atoms with E-state index < -0.39 is 0 Å². The lowest BCUT2D eigenvalue weighted by atomic mass is 9.94. The maximum atomic E-state index is 11.0. The molecule has 5 N–H and O–H groups in total. The van der Waals surface area contributed by atoms with Crippen LogP contribution in [0, 0.1) is 0 Å². The third-order valence-electron chi connectivity index (χ3n) is 4.48. The number of halogens is 1. The first-order valence-electron chi connectivity index (χ1n) is 8.83. The molecule has 0 spiro atoms. The largest absolute Gasteiger partial charge is 0.372 e. The number of carbonyl (C=O) groups is 1. The average molecular weight is 417 g/mol. The molecule has 144 valence electrons. The number of benzene rings is 2. The lowest BCUT2D eigenvalue weighted by Gasteiger charge is -2.20. The molecule has 0 fully saturated rings. The summed E-state index contributed by atoms with van der Waals surface area (Å²) in [5.41, 5.74) is 12.2. The Morgan fingerprint density at radius 2 is 2.07 bits per heavy atom. The van der Waals surface area contributed by atoms with Gasteiger partial charge in [0, 0.05) is 11.3 Å². The van der Waals surface area contributed by atoms with Crippen molar-refractivity contribution in [2.75, 3.05) is 11.5 Å². The molecular formula is C19H19ClN5O2S+. The van der Waals surface area contributed by atoms with Crippen molar-refractivity contribution in [2.45, 2.75) is 31.2 Å². The Hall–Kier alpha value is -2.26. The van der Waals surface area contributed by atoms with Gasteiger partial charge in [-0.3, -0.25) is 5.73 Å². The predicted octanol–water partition coefficient (Wildman–Crippen LogP) is 2.60. The molecule has 0 radical (unpaired) electrons. The smallest absolute Gasteiger partial charge is 0.308 e. The quantitative estimate of drug-likeness (QED) is 0.468. The highest BCUT2D eigenvalue weighted by molar-refractivity contribution is 7.99. The Balaban J connectivity index is 1.75. The molecule has 2 aromatic carbocycles. The van der Waals surface area contributed by atoms with Gasteiger partial charge in [-0.25, -0.2) is 9.78 Å². The summed E-state index contributed by atoms with van der Waals surface area (Å²) < 4.78 is 5.65. The van der Waals surface area contributed by atoms with Crippen LogP contribution >= 0.6 is 23.4 Å². The first kappa shape index (κ1) is 19.1. The van der Waals surface area contributed by atoms with Crippen molar-refractivity contribution in [3.63, 3.8) is 0 Å². The van der Waals surface area contributed by atoms with Crippen molar-refractivity contribution >= 4 is 46.0 Å². The number of rotatable bonds is 6. The van der Waals surface area contributed by atoms with Gasteiger partial charge in [-0.2, -0.15) is 9.97 Å². The van der Waals surface area contributed by atoms with E-state index in [4.69, 9.17) is 22.1 Å². The molecule has 28 heavy (non-hydrogen) atoms. The fourth-order valence-electron chi connectivity index (χ4n) is 3.33. The molecule has 7 nitrogen and oxygen atoms in total. The zero-order valence-corrected chi connectivity index (χ0v) is 16.6. The second kappa shape index (κ2) is 8.00. The third kappa shape index (κ3) is 3.81. The number of nitrogens with two attached hydrogens (primary N) is 1. The minimum Gasteiger partial charge on any atom is -0.372 e. The van der Waals surface area contributed by atoms with Gasteiger partial charge in [0.2, 0.25) is 5.95 Å². The van der Waals surface area contributed by atoms with Crippen LogP contribution < -0.4 is 11.5 Å². The van der Waals surface area contributed by atoms with Crippen LogP contribution in [0.15, 0.2) is 29.4 Å². The Labute approximate surface area is 170 Å². The van der Waals surface area contributed by atoms with Gasteiger partial charge in [-0.1, -0.05) is 41.6 Å². The number of nitrogens with zero attached hydrogens (tertiary/aromatic N) is 3. The summed E-state index contributed by atoms with van der Waals surface area (Å²) in [7, 11) is 0. The summed E-state index contributed by atoms with van der Waals surface area (Å²) in [6.07, 6.45) is 1.14. The van der Waals surface area contributed by atoms with Gasteiger partial charge in [0.25, 0.3) is 0 Å². The Morgan fingerprint density at radius 1 is 1.25 bits per heavy atom. The fraction of sp³-hybridized carbons (Fsp3) is 0.263. The van der Waals surface area contributed by atoms with Gasteiger partial charge >= 0.3 is 5.91 Å². The van der Waals surface area contributed by atoms with E-state index in [1.807, 2.05) is 18.2 Å². The molecule has 0 unspecified atom stereocenters. The SMILES string of the molecule is Nc1nc(SCCCC([NH3+])=O)nc(-c2c(Cl)cc3c4c(cccc24)COC3)n1. The summed E-state index contributed by atoms with van der Waals surface area (Å²) in [4.78, 5) is 24.1. The lowest BCUT2D eigenvalue weighted by Crippen LogP contribution is -2.56.